The van der Waals surface area contributed by atoms with Gasteiger partial charge in [-0.15, -0.1) is 5.10 Å². The molecule has 1 aromatic heterocycles. The lowest BCUT2D eigenvalue weighted by Crippen LogP contribution is -2.61. The molecular formula is C96H161N27O18. The fraction of sp³-hybridized carbons (Fsp3) is 0.656. The number of rotatable bonds is 60. The molecule has 1 aliphatic heterocycles. The summed E-state index contributed by atoms with van der Waals surface area (Å²) < 4.78 is 6.61. The second-order valence-corrected chi connectivity index (χ2v) is 36.7. The van der Waals surface area contributed by atoms with Crippen LogP contribution in [0.2, 0.25) is 0 Å². The molecule has 141 heavy (non-hydrogen) atoms. The fourth-order valence-corrected chi connectivity index (χ4v) is 15.8. The summed E-state index contributed by atoms with van der Waals surface area (Å²) in [6.07, 6.45) is 5.07. The molecule has 0 bridgehead atoms. The van der Waals surface area contributed by atoms with Gasteiger partial charge < -0.3 is 137 Å². The van der Waals surface area contributed by atoms with Crippen LogP contribution >= 0.6 is 0 Å². The Balaban J connectivity index is 1.94. The first-order valence-corrected chi connectivity index (χ1v) is 49.7. The van der Waals surface area contributed by atoms with E-state index in [0.29, 0.717) is 63.4 Å². The van der Waals surface area contributed by atoms with E-state index in [1.165, 1.54) is 17.0 Å². The van der Waals surface area contributed by atoms with Crippen LogP contribution in [-0.2, 0) is 112 Å². The van der Waals surface area contributed by atoms with Gasteiger partial charge in [0.25, 0.3) is 0 Å². The molecule has 15 atom stereocenters. The average molecular weight is 1980 g/mol. The average Bonchev–Trinajstić information content (AvgIpc) is 1.83. The summed E-state index contributed by atoms with van der Waals surface area (Å²) in [5.41, 5.74) is 60.8. The van der Waals surface area contributed by atoms with E-state index in [1.54, 1.807) is 88.4 Å². The molecule has 4 rings (SSSR count). The van der Waals surface area contributed by atoms with Gasteiger partial charge in [0.2, 0.25) is 94.5 Å². The summed E-state index contributed by atoms with van der Waals surface area (Å²) in [4.78, 5) is 247. The number of benzene rings is 2. The van der Waals surface area contributed by atoms with E-state index in [1.807, 2.05) is 0 Å². The highest BCUT2D eigenvalue weighted by Gasteiger charge is 2.40. The van der Waals surface area contributed by atoms with Crippen molar-refractivity contribution in [1.29, 1.82) is 0 Å². The van der Waals surface area contributed by atoms with Crippen molar-refractivity contribution >= 4 is 100 Å². The molecule has 1 fully saturated rings. The largest absolute Gasteiger partial charge is 0.460 e. The molecule has 2 heterocycles. The molecule has 0 unspecified atom stereocenters. The molecule has 34 N–H and O–H groups in total. The predicted molar refractivity (Wildman–Crippen MR) is 530 cm³/mol. The monoisotopic (exact) mass is 1980 g/mol. The van der Waals surface area contributed by atoms with Crippen LogP contribution in [0, 0.1) is 11.8 Å². The Kier molecular flexibility index (Phi) is 59.3. The topological polar surface area (TPSA) is 759 Å². The summed E-state index contributed by atoms with van der Waals surface area (Å²) in [6, 6.07) is -3.91. The summed E-state index contributed by atoms with van der Waals surface area (Å²) in [7, 11) is 0. The molecule has 16 amide bonds. The van der Waals surface area contributed by atoms with E-state index in [2.05, 4.69) is 91.3 Å². The highest BCUT2D eigenvalue weighted by molar-refractivity contribution is 6.01. The Morgan fingerprint density at radius 2 is 0.709 bits per heavy atom. The maximum absolute atomic E-state index is 15.6. The van der Waals surface area contributed by atoms with Crippen LogP contribution in [0.1, 0.15) is 237 Å². The number of nitrogens with two attached hydrogens (primary N) is 10. The molecular weight excluding hydrogens is 1820 g/mol. The normalized spacial score (nSPS) is 20.2. The third kappa shape index (κ3) is 48.3. The first kappa shape index (κ1) is 121. The van der Waals surface area contributed by atoms with E-state index in [-0.39, 0.29) is 211 Å². The maximum Gasteiger partial charge on any atom is 0.328 e. The van der Waals surface area contributed by atoms with E-state index in [4.69, 9.17) is 62.1 Å². The lowest BCUT2D eigenvalue weighted by atomic mass is 10.00. The Hall–Kier alpha value is -12.0. The number of nitrogens with one attached hydrogen (secondary N) is 14. The van der Waals surface area contributed by atoms with Crippen LogP contribution in [0.15, 0.2) is 79.5 Å². The van der Waals surface area contributed by atoms with Crippen LogP contribution in [0.5, 0.6) is 0 Å². The van der Waals surface area contributed by atoms with Gasteiger partial charge in [0.1, 0.15) is 91.2 Å². The Labute approximate surface area is 827 Å². The molecule has 3 aromatic rings. The number of hydrogen-bond acceptors (Lipinski definition) is 28. The number of hydrogen-bond donors (Lipinski definition) is 24. The van der Waals surface area contributed by atoms with Gasteiger partial charge in [-0.1, -0.05) is 106 Å². The number of carbonyl (C=O) groups excluding carboxylic acids is 17. The molecule has 788 valence electrons. The quantitative estimate of drug-likeness (QED) is 0.0151. The Bertz CT molecular complexity index is 4380. The van der Waals surface area contributed by atoms with Gasteiger partial charge in [-0.05, 0) is 255 Å². The molecule has 45 nitrogen and oxygen atoms in total. The summed E-state index contributed by atoms with van der Waals surface area (Å²) >= 11 is 0. The molecule has 2 aromatic carbocycles. The zero-order valence-corrected chi connectivity index (χ0v) is 82.6. The SMILES string of the molecule is C=CCOC(=O)[C@H](CCC(N)=O)NC(=O)[C@H](CC(C)C)NC(=O)[C@H](CCCCN)NC(=O)[C@H](CCCCn1cc(C[C@@H]2NC(=O)[C@H](CCCCN)NC(=O)[C@H](CCCCN)NC(=O)[C@H](CCC(N)=O)NC(=O)[C@H](CC(C)C)NC(=O)[C@H](CCCCN)NC(=O)[C@H](CCCCN)NC(=O)[C@H](Cc3ccccc3)NC(=O)[C@H](CCCCN)NC(=O)[C@H](CCCCN)NC2=O)nn1)NC(=O)[C@@H](N)Cc1ccccc1. The number of esters is 1. The van der Waals surface area contributed by atoms with Crippen molar-refractivity contribution < 1.29 is 86.2 Å². The van der Waals surface area contributed by atoms with E-state index in [0.717, 1.165) is 5.56 Å². The fourth-order valence-electron chi connectivity index (χ4n) is 15.8. The van der Waals surface area contributed by atoms with Gasteiger partial charge in [0.05, 0.1) is 11.7 Å². The van der Waals surface area contributed by atoms with Crippen molar-refractivity contribution in [3.05, 3.63) is 96.3 Å². The van der Waals surface area contributed by atoms with Crippen LogP contribution < -0.4 is 132 Å². The van der Waals surface area contributed by atoms with Crippen LogP contribution in [-0.4, -0.2) is 259 Å². The molecule has 1 saturated heterocycles. The van der Waals surface area contributed by atoms with Gasteiger partial charge in [0.15, 0.2) is 0 Å². The summed E-state index contributed by atoms with van der Waals surface area (Å²) in [6.45, 7) is 11.8. The number of unbranched alkanes of at least 4 members (excludes halogenated alkanes) is 8. The molecule has 0 spiro atoms. The predicted octanol–water partition coefficient (Wildman–Crippen LogP) is -3.14. The molecule has 0 radical (unpaired) electrons. The van der Waals surface area contributed by atoms with Crippen molar-refractivity contribution in [3.8, 4) is 0 Å². The van der Waals surface area contributed by atoms with E-state index >= 15 is 28.8 Å². The third-order valence-electron chi connectivity index (χ3n) is 23.6. The van der Waals surface area contributed by atoms with E-state index < -0.39 is 210 Å². The van der Waals surface area contributed by atoms with Crippen LogP contribution in [0.25, 0.3) is 0 Å². The van der Waals surface area contributed by atoms with Gasteiger partial charge in [-0.25, -0.2) is 4.79 Å². The smallest absolute Gasteiger partial charge is 0.328 e. The number of carbonyl (C=O) groups is 17. The first-order valence-electron chi connectivity index (χ1n) is 49.7. The molecule has 0 aliphatic carbocycles. The van der Waals surface area contributed by atoms with Crippen molar-refractivity contribution in [2.24, 2.45) is 69.2 Å². The lowest BCUT2D eigenvalue weighted by molar-refractivity contribution is -0.147. The third-order valence-corrected chi connectivity index (χ3v) is 23.6. The zero-order chi connectivity index (χ0) is 104. The van der Waals surface area contributed by atoms with Crippen LogP contribution in [0.4, 0.5) is 0 Å². The second kappa shape index (κ2) is 69.0. The number of amides is 16. The number of ether oxygens (including phenoxy) is 1. The van der Waals surface area contributed by atoms with Crippen LogP contribution in [0.3, 0.4) is 0 Å². The summed E-state index contributed by atoms with van der Waals surface area (Å²) in [5.74, 6) is -15.1. The van der Waals surface area contributed by atoms with Gasteiger partial charge in [0, 0.05) is 38.4 Å². The molecule has 0 saturated carbocycles. The van der Waals surface area contributed by atoms with Crippen molar-refractivity contribution in [2.45, 2.75) is 337 Å². The van der Waals surface area contributed by atoms with Crippen molar-refractivity contribution in [3.63, 3.8) is 0 Å². The second-order valence-electron chi connectivity index (χ2n) is 36.7. The maximum atomic E-state index is 15.6. The number of nitrogens with zero attached hydrogens (tertiary/aromatic N) is 3. The van der Waals surface area contributed by atoms with Gasteiger partial charge in [-0.2, -0.15) is 0 Å². The van der Waals surface area contributed by atoms with Gasteiger partial charge >= 0.3 is 5.97 Å². The summed E-state index contributed by atoms with van der Waals surface area (Å²) in [5, 5.41) is 47.4. The first-order chi connectivity index (χ1) is 67.5. The Morgan fingerprint density at radius 3 is 1.09 bits per heavy atom. The minimum Gasteiger partial charge on any atom is -0.460 e. The lowest BCUT2D eigenvalue weighted by Gasteiger charge is -2.29. The van der Waals surface area contributed by atoms with Crippen molar-refractivity contribution in [2.75, 3.05) is 52.4 Å². The number of aryl methyl sites for hydroxylation is 1. The zero-order valence-electron chi connectivity index (χ0n) is 82.6. The highest BCUT2D eigenvalue weighted by atomic mass is 16.5. The minimum absolute atomic E-state index is 0.0119. The van der Waals surface area contributed by atoms with Crippen molar-refractivity contribution in [1.82, 2.24) is 89.4 Å². The van der Waals surface area contributed by atoms with Gasteiger partial charge in [-0.3, -0.25) is 81.4 Å². The van der Waals surface area contributed by atoms with E-state index in [9.17, 15) is 52.7 Å². The standard InChI is InChI=1S/C96H161N27O18/c1-6-53-141-96(140)75(42-44-81(106)125)116-93(137)77(55-61(4)5)118-88(132)70(36-16-24-48-100)108-83(127)66(107-82(126)65(104)56-62-29-9-7-10-30-62)40-20-28-52-123-59-64(121-122-123)58-79-95(139)114-69(35-15-23-47-99)86(130)110-72(38-18-26-50-102)89(133)119-78(57-63-31-11-8-12-32-63)94(138)113-68(34-14-22-46-98)85(129)109-71(37-17-25-49-101)87(131)117-76(54-60(2)3)92(136)115-74(41-43-80(105)124)91(135)112-67(33-13-21-45-97)84(128)111-73(90(134)120-79)39-19-27-51-103/h6-12,29-32,59-61,65-79H,1,13-28,33-58,97-104H2,2-5H3,(H2,105,124)(H2,106,125)(H,107,126)(H,108,127)(H,109,129)(H,110,130)(H,111,128)(H,112,135)(H,113,138)(H,114,139)(H,115,136)(H,116,137)(H,117,131)(H,118,132)(H,119,133)(H,120,134)/t65-,66-,67-,68-,69-,70-,71-,72-,73-,74-,75-,76-,77-,78-,79-/m0/s1. The minimum atomic E-state index is -1.70. The Morgan fingerprint density at radius 1 is 0.383 bits per heavy atom. The number of aromatic nitrogens is 3. The number of primary amides is 2. The molecule has 1 aliphatic rings. The highest BCUT2D eigenvalue weighted by Crippen LogP contribution is 2.19. The molecule has 45 heteroatoms.